The Hall–Kier alpha value is -2.87. The second-order valence-corrected chi connectivity index (χ2v) is 7.52. The number of ether oxygens (including phenoxy) is 1. The Labute approximate surface area is 152 Å². The monoisotopic (exact) mass is 376 g/mol. The molecule has 0 aliphatic carbocycles. The molecule has 0 spiro atoms. The van der Waals surface area contributed by atoms with Gasteiger partial charge in [-0.2, -0.15) is 0 Å². The van der Waals surface area contributed by atoms with Crippen LogP contribution < -0.4 is 10.0 Å². The maximum Gasteiger partial charge on any atom is 0.341 e. The van der Waals surface area contributed by atoms with Gasteiger partial charge in [0, 0.05) is 5.69 Å². The molecule has 1 unspecified atom stereocenters. The summed E-state index contributed by atoms with van der Waals surface area (Å²) in [4.78, 5) is 24.6. The fourth-order valence-corrected chi connectivity index (χ4v) is 2.75. The molecule has 0 radical (unpaired) electrons. The van der Waals surface area contributed by atoms with Crippen LogP contribution in [0.15, 0.2) is 48.5 Å². The molecule has 2 aromatic carbocycles. The molecule has 2 rings (SSSR count). The Morgan fingerprint density at radius 3 is 2.19 bits per heavy atom. The number of carbonyl (C=O) groups excluding carboxylic acids is 2. The molecule has 7 nitrogen and oxygen atoms in total. The van der Waals surface area contributed by atoms with E-state index in [0.29, 0.717) is 5.69 Å². The number of benzene rings is 2. The summed E-state index contributed by atoms with van der Waals surface area (Å²) < 4.78 is 30.3. The summed E-state index contributed by atoms with van der Waals surface area (Å²) >= 11 is 0. The standard InChI is InChI=1S/C18H20N2O5S/c1-12-8-4-6-10-15(12)19-17(21)13(2)25-18(22)14-9-5-7-11-16(14)20-26(3,23)24/h4-11,13,20H,1-3H3,(H,19,21). The smallest absolute Gasteiger partial charge is 0.341 e. The van der Waals surface area contributed by atoms with Crippen LogP contribution in [-0.4, -0.2) is 32.7 Å². The summed E-state index contributed by atoms with van der Waals surface area (Å²) in [5.74, 6) is -1.29. The number of nitrogens with one attached hydrogen (secondary N) is 2. The van der Waals surface area contributed by atoms with Crippen LogP contribution in [0, 0.1) is 6.92 Å². The number of hydrogen-bond acceptors (Lipinski definition) is 5. The number of carbonyl (C=O) groups is 2. The molecule has 1 atom stereocenters. The van der Waals surface area contributed by atoms with E-state index in [9.17, 15) is 18.0 Å². The van der Waals surface area contributed by atoms with Crippen molar-refractivity contribution in [3.05, 3.63) is 59.7 Å². The van der Waals surface area contributed by atoms with Gasteiger partial charge in [-0.15, -0.1) is 0 Å². The number of aryl methyl sites for hydroxylation is 1. The molecule has 0 saturated heterocycles. The van der Waals surface area contributed by atoms with Gasteiger partial charge in [0.25, 0.3) is 5.91 Å². The number of esters is 1. The Bertz CT molecular complexity index is 925. The van der Waals surface area contributed by atoms with E-state index >= 15 is 0 Å². The lowest BCUT2D eigenvalue weighted by Crippen LogP contribution is -2.30. The van der Waals surface area contributed by atoms with Gasteiger partial charge >= 0.3 is 5.97 Å². The van der Waals surface area contributed by atoms with Gasteiger partial charge < -0.3 is 10.1 Å². The van der Waals surface area contributed by atoms with Crippen molar-refractivity contribution in [1.82, 2.24) is 0 Å². The minimum absolute atomic E-state index is 0.0217. The van der Waals surface area contributed by atoms with E-state index in [1.807, 2.05) is 19.1 Å². The van der Waals surface area contributed by atoms with Crippen molar-refractivity contribution in [3.63, 3.8) is 0 Å². The van der Waals surface area contributed by atoms with Crippen LogP contribution in [0.4, 0.5) is 11.4 Å². The zero-order valence-electron chi connectivity index (χ0n) is 14.6. The molecule has 0 aliphatic rings. The van der Waals surface area contributed by atoms with Crippen molar-refractivity contribution >= 4 is 33.3 Å². The fraction of sp³-hybridized carbons (Fsp3) is 0.222. The van der Waals surface area contributed by atoms with Crippen LogP contribution in [0.25, 0.3) is 0 Å². The van der Waals surface area contributed by atoms with Gasteiger partial charge in [0.2, 0.25) is 10.0 Å². The SMILES string of the molecule is Cc1ccccc1NC(=O)C(C)OC(=O)c1ccccc1NS(C)(=O)=O. The third-order valence-corrected chi connectivity index (χ3v) is 4.09. The highest BCUT2D eigenvalue weighted by atomic mass is 32.2. The first kappa shape index (κ1) is 19.5. The number of sulfonamides is 1. The van der Waals surface area contributed by atoms with Gasteiger partial charge in [0.1, 0.15) is 0 Å². The Balaban J connectivity index is 2.10. The second-order valence-electron chi connectivity index (χ2n) is 5.77. The maximum absolute atomic E-state index is 12.3. The number of rotatable bonds is 6. The molecule has 0 saturated carbocycles. The molecular weight excluding hydrogens is 356 g/mol. The van der Waals surface area contributed by atoms with Crippen LogP contribution in [0.2, 0.25) is 0 Å². The Morgan fingerprint density at radius 1 is 1.00 bits per heavy atom. The molecule has 26 heavy (non-hydrogen) atoms. The molecule has 0 aliphatic heterocycles. The number of hydrogen-bond donors (Lipinski definition) is 2. The summed E-state index contributed by atoms with van der Waals surface area (Å²) in [6.07, 6.45) is -0.0821. The average molecular weight is 376 g/mol. The van der Waals surface area contributed by atoms with Crippen molar-refractivity contribution in [1.29, 1.82) is 0 Å². The lowest BCUT2D eigenvalue weighted by Gasteiger charge is -2.16. The summed E-state index contributed by atoms with van der Waals surface area (Å²) in [5.41, 5.74) is 1.61. The molecular formula is C18H20N2O5S. The van der Waals surface area contributed by atoms with E-state index in [4.69, 9.17) is 4.74 Å². The molecule has 2 aromatic rings. The number of para-hydroxylation sites is 2. The summed E-state index contributed by atoms with van der Waals surface area (Å²) in [6, 6.07) is 13.2. The van der Waals surface area contributed by atoms with E-state index in [2.05, 4.69) is 10.0 Å². The van der Waals surface area contributed by atoms with E-state index in [-0.39, 0.29) is 11.3 Å². The first-order chi connectivity index (χ1) is 12.2. The third-order valence-electron chi connectivity index (χ3n) is 3.50. The van der Waals surface area contributed by atoms with Gasteiger partial charge in [0.15, 0.2) is 6.10 Å². The van der Waals surface area contributed by atoms with Crippen LogP contribution in [0.5, 0.6) is 0 Å². The zero-order valence-corrected chi connectivity index (χ0v) is 15.5. The normalized spacial score (nSPS) is 12.1. The summed E-state index contributed by atoms with van der Waals surface area (Å²) in [7, 11) is -3.56. The van der Waals surface area contributed by atoms with Crippen LogP contribution in [0.3, 0.4) is 0 Å². The first-order valence-electron chi connectivity index (χ1n) is 7.81. The maximum atomic E-state index is 12.3. The van der Waals surface area contributed by atoms with Gasteiger partial charge in [0.05, 0.1) is 17.5 Å². The molecule has 138 valence electrons. The quantitative estimate of drug-likeness (QED) is 0.755. The van der Waals surface area contributed by atoms with E-state index in [1.165, 1.54) is 19.1 Å². The zero-order chi connectivity index (χ0) is 19.3. The van der Waals surface area contributed by atoms with Gasteiger partial charge in [-0.1, -0.05) is 30.3 Å². The fourth-order valence-electron chi connectivity index (χ4n) is 2.17. The molecule has 2 N–H and O–H groups in total. The molecule has 0 bridgehead atoms. The highest BCUT2D eigenvalue weighted by Gasteiger charge is 2.22. The van der Waals surface area contributed by atoms with Crippen LogP contribution in [-0.2, 0) is 19.6 Å². The molecule has 0 heterocycles. The third kappa shape index (κ3) is 5.32. The Morgan fingerprint density at radius 2 is 1.58 bits per heavy atom. The lowest BCUT2D eigenvalue weighted by atomic mass is 10.2. The minimum atomic E-state index is -3.56. The topological polar surface area (TPSA) is 102 Å². The van der Waals surface area contributed by atoms with E-state index in [1.54, 1.807) is 24.3 Å². The van der Waals surface area contributed by atoms with Crippen molar-refractivity contribution in [2.45, 2.75) is 20.0 Å². The van der Waals surface area contributed by atoms with Crippen LogP contribution in [0.1, 0.15) is 22.8 Å². The van der Waals surface area contributed by atoms with Crippen molar-refractivity contribution in [2.75, 3.05) is 16.3 Å². The number of amides is 1. The predicted octanol–water partition coefficient (Wildman–Crippen LogP) is 2.55. The number of anilines is 2. The Kier molecular flexibility index (Phi) is 5.99. The average Bonchev–Trinajstić information content (AvgIpc) is 2.55. The van der Waals surface area contributed by atoms with Crippen molar-refractivity contribution in [2.24, 2.45) is 0 Å². The highest BCUT2D eigenvalue weighted by molar-refractivity contribution is 7.92. The lowest BCUT2D eigenvalue weighted by molar-refractivity contribution is -0.123. The summed E-state index contributed by atoms with van der Waals surface area (Å²) in [5, 5.41) is 2.69. The van der Waals surface area contributed by atoms with Gasteiger partial charge in [-0.05, 0) is 37.6 Å². The molecule has 1 amide bonds. The predicted molar refractivity (Wildman–Crippen MR) is 99.6 cm³/mol. The van der Waals surface area contributed by atoms with Gasteiger partial charge in [-0.25, -0.2) is 13.2 Å². The van der Waals surface area contributed by atoms with Crippen molar-refractivity contribution in [3.8, 4) is 0 Å². The highest BCUT2D eigenvalue weighted by Crippen LogP contribution is 2.19. The second kappa shape index (κ2) is 8.01. The first-order valence-corrected chi connectivity index (χ1v) is 9.71. The van der Waals surface area contributed by atoms with E-state index < -0.39 is 28.0 Å². The van der Waals surface area contributed by atoms with Crippen LogP contribution >= 0.6 is 0 Å². The van der Waals surface area contributed by atoms with Gasteiger partial charge in [-0.3, -0.25) is 9.52 Å². The summed E-state index contributed by atoms with van der Waals surface area (Å²) in [6.45, 7) is 3.29. The molecule has 0 fully saturated rings. The molecule has 0 aromatic heterocycles. The van der Waals surface area contributed by atoms with E-state index in [0.717, 1.165) is 11.8 Å². The largest absolute Gasteiger partial charge is 0.449 e. The van der Waals surface area contributed by atoms with Crippen molar-refractivity contribution < 1.29 is 22.7 Å². The minimum Gasteiger partial charge on any atom is -0.449 e. The molecule has 8 heteroatoms.